The minimum Gasteiger partial charge on any atom is -0.493 e. The van der Waals surface area contributed by atoms with Gasteiger partial charge in [-0.25, -0.2) is 0 Å². The van der Waals surface area contributed by atoms with E-state index in [0.29, 0.717) is 19.1 Å². The Bertz CT molecular complexity index is 725. The zero-order chi connectivity index (χ0) is 21.3. The molecule has 0 unspecified atom stereocenters. The SMILES string of the molecule is CN=C(NCc1cccc(OC)c1OC1CCCC1)NC1CCN(CC(N)=O)CC1. The Hall–Kier alpha value is -2.48. The second kappa shape index (κ2) is 11.1. The number of hydrogen-bond donors (Lipinski definition) is 3. The summed E-state index contributed by atoms with van der Waals surface area (Å²) in [6.45, 7) is 2.64. The Kier molecular flexibility index (Phi) is 8.19. The molecule has 4 N–H and O–H groups in total. The van der Waals surface area contributed by atoms with E-state index < -0.39 is 0 Å². The number of rotatable bonds is 8. The number of carbonyl (C=O) groups excluding carboxylic acids is 1. The summed E-state index contributed by atoms with van der Waals surface area (Å²) in [6, 6.07) is 6.32. The zero-order valence-corrected chi connectivity index (χ0v) is 18.2. The van der Waals surface area contributed by atoms with E-state index in [2.05, 4.69) is 26.6 Å². The van der Waals surface area contributed by atoms with Crippen LogP contribution in [0.3, 0.4) is 0 Å². The number of primary amides is 1. The largest absolute Gasteiger partial charge is 0.493 e. The summed E-state index contributed by atoms with van der Waals surface area (Å²) in [6.07, 6.45) is 6.81. The number of guanidine groups is 1. The molecule has 3 rings (SSSR count). The number of para-hydroxylation sites is 1. The van der Waals surface area contributed by atoms with Crippen LogP contribution in [-0.4, -0.2) is 62.7 Å². The highest BCUT2D eigenvalue weighted by molar-refractivity contribution is 5.80. The topological polar surface area (TPSA) is 101 Å². The van der Waals surface area contributed by atoms with E-state index in [9.17, 15) is 4.79 Å². The summed E-state index contributed by atoms with van der Waals surface area (Å²) in [5, 5.41) is 6.90. The fraction of sp³-hybridized carbons (Fsp3) is 0.636. The Labute approximate surface area is 179 Å². The van der Waals surface area contributed by atoms with Gasteiger partial charge >= 0.3 is 0 Å². The normalized spacial score (nSPS) is 18.9. The summed E-state index contributed by atoms with van der Waals surface area (Å²) in [7, 11) is 3.46. The molecule has 0 radical (unpaired) electrons. The average molecular weight is 418 g/mol. The van der Waals surface area contributed by atoms with Gasteiger partial charge < -0.3 is 25.8 Å². The van der Waals surface area contributed by atoms with Gasteiger partial charge in [0.2, 0.25) is 5.91 Å². The molecule has 0 atom stereocenters. The lowest BCUT2D eigenvalue weighted by Gasteiger charge is -2.32. The molecule has 1 amide bonds. The molecule has 8 nitrogen and oxygen atoms in total. The van der Waals surface area contributed by atoms with Crippen LogP contribution in [0.1, 0.15) is 44.1 Å². The molecule has 166 valence electrons. The Balaban J connectivity index is 1.55. The minimum absolute atomic E-state index is 0.267. The number of piperidine rings is 1. The molecular weight excluding hydrogens is 382 g/mol. The first kappa shape index (κ1) is 22.2. The molecule has 2 fully saturated rings. The number of nitrogens with zero attached hydrogens (tertiary/aromatic N) is 2. The molecule has 1 aromatic carbocycles. The number of carbonyl (C=O) groups is 1. The van der Waals surface area contributed by atoms with Crippen LogP contribution in [0.25, 0.3) is 0 Å². The second-order valence-corrected chi connectivity index (χ2v) is 8.06. The van der Waals surface area contributed by atoms with Crippen LogP contribution in [0.4, 0.5) is 0 Å². The highest BCUT2D eigenvalue weighted by Crippen LogP contribution is 2.34. The maximum Gasteiger partial charge on any atom is 0.231 e. The number of amides is 1. The Morgan fingerprint density at radius 1 is 1.23 bits per heavy atom. The highest BCUT2D eigenvalue weighted by atomic mass is 16.5. The van der Waals surface area contributed by atoms with Crippen molar-refractivity contribution in [1.82, 2.24) is 15.5 Å². The van der Waals surface area contributed by atoms with Gasteiger partial charge in [0.1, 0.15) is 0 Å². The van der Waals surface area contributed by atoms with E-state index in [0.717, 1.165) is 61.8 Å². The number of methoxy groups -OCH3 is 1. The van der Waals surface area contributed by atoms with Crippen molar-refractivity contribution in [1.29, 1.82) is 0 Å². The molecular formula is C22H35N5O3. The third-order valence-electron chi connectivity index (χ3n) is 5.84. The summed E-state index contributed by atoms with van der Waals surface area (Å²) < 4.78 is 11.9. The molecule has 30 heavy (non-hydrogen) atoms. The van der Waals surface area contributed by atoms with Gasteiger partial charge in [0.05, 0.1) is 19.8 Å². The maximum absolute atomic E-state index is 11.1. The van der Waals surface area contributed by atoms with Crippen LogP contribution in [-0.2, 0) is 11.3 Å². The smallest absolute Gasteiger partial charge is 0.231 e. The quantitative estimate of drug-likeness (QED) is 0.439. The van der Waals surface area contributed by atoms with Crippen LogP contribution in [0.15, 0.2) is 23.2 Å². The van der Waals surface area contributed by atoms with Gasteiger partial charge in [0.25, 0.3) is 0 Å². The number of ether oxygens (including phenoxy) is 2. The van der Waals surface area contributed by atoms with Gasteiger partial charge in [-0.05, 0) is 44.6 Å². The monoisotopic (exact) mass is 417 g/mol. The van der Waals surface area contributed by atoms with Gasteiger partial charge in [-0.3, -0.25) is 14.7 Å². The lowest BCUT2D eigenvalue weighted by Crippen LogP contribution is -2.49. The fourth-order valence-electron chi connectivity index (χ4n) is 4.19. The summed E-state index contributed by atoms with van der Waals surface area (Å²) >= 11 is 0. The third kappa shape index (κ3) is 6.26. The predicted octanol–water partition coefficient (Wildman–Crippen LogP) is 1.63. The fourth-order valence-corrected chi connectivity index (χ4v) is 4.19. The van der Waals surface area contributed by atoms with Crippen molar-refractivity contribution in [3.8, 4) is 11.5 Å². The Morgan fingerprint density at radius 2 is 1.97 bits per heavy atom. The molecule has 1 saturated carbocycles. The lowest BCUT2D eigenvalue weighted by molar-refractivity contribution is -0.119. The molecule has 1 heterocycles. The van der Waals surface area contributed by atoms with Crippen molar-refractivity contribution in [3.63, 3.8) is 0 Å². The zero-order valence-electron chi connectivity index (χ0n) is 18.2. The average Bonchev–Trinajstić information content (AvgIpc) is 3.26. The molecule has 8 heteroatoms. The van der Waals surface area contributed by atoms with Crippen LogP contribution in [0.5, 0.6) is 11.5 Å². The van der Waals surface area contributed by atoms with Crippen molar-refractivity contribution in [3.05, 3.63) is 23.8 Å². The van der Waals surface area contributed by atoms with E-state index in [1.165, 1.54) is 12.8 Å². The highest BCUT2D eigenvalue weighted by Gasteiger charge is 2.22. The van der Waals surface area contributed by atoms with Crippen LogP contribution in [0.2, 0.25) is 0 Å². The molecule has 2 aliphatic rings. The van der Waals surface area contributed by atoms with E-state index in [1.807, 2.05) is 12.1 Å². The number of benzene rings is 1. The molecule has 0 bridgehead atoms. The van der Waals surface area contributed by atoms with Crippen molar-refractivity contribution >= 4 is 11.9 Å². The van der Waals surface area contributed by atoms with Crippen molar-refractivity contribution < 1.29 is 14.3 Å². The maximum atomic E-state index is 11.1. The summed E-state index contributed by atoms with van der Waals surface area (Å²) in [4.78, 5) is 17.6. The number of nitrogens with two attached hydrogens (primary N) is 1. The van der Waals surface area contributed by atoms with Crippen LogP contribution < -0.4 is 25.8 Å². The number of hydrogen-bond acceptors (Lipinski definition) is 5. The van der Waals surface area contributed by atoms with Gasteiger partial charge in [-0.1, -0.05) is 12.1 Å². The summed E-state index contributed by atoms with van der Waals surface area (Å²) in [5.74, 6) is 2.09. The summed E-state index contributed by atoms with van der Waals surface area (Å²) in [5.41, 5.74) is 6.35. The number of nitrogens with one attached hydrogen (secondary N) is 2. The first-order valence-corrected chi connectivity index (χ1v) is 10.9. The first-order valence-electron chi connectivity index (χ1n) is 10.9. The standard InChI is InChI=1S/C22H35N5O3/c1-24-22(26-17-10-12-27(13-11-17)15-20(23)28)25-14-16-6-5-9-19(29-2)21(16)30-18-7-3-4-8-18/h5-6,9,17-18H,3-4,7-8,10-15H2,1-2H3,(H2,23,28)(H2,24,25,26). The van der Waals surface area contributed by atoms with Crippen molar-refractivity contribution in [2.45, 2.75) is 57.2 Å². The number of likely N-dealkylation sites (tertiary alicyclic amines) is 1. The molecule has 1 aliphatic heterocycles. The number of aliphatic imine (C=N–C) groups is 1. The second-order valence-electron chi connectivity index (χ2n) is 8.06. The predicted molar refractivity (Wildman–Crippen MR) is 118 cm³/mol. The van der Waals surface area contributed by atoms with E-state index >= 15 is 0 Å². The van der Waals surface area contributed by atoms with Gasteiger partial charge in [-0.15, -0.1) is 0 Å². The lowest BCUT2D eigenvalue weighted by atomic mass is 10.1. The van der Waals surface area contributed by atoms with Crippen LogP contribution >= 0.6 is 0 Å². The third-order valence-corrected chi connectivity index (χ3v) is 5.84. The first-order chi connectivity index (χ1) is 14.6. The molecule has 0 spiro atoms. The van der Waals surface area contributed by atoms with E-state index in [1.54, 1.807) is 14.2 Å². The van der Waals surface area contributed by atoms with Crippen LogP contribution in [0, 0.1) is 0 Å². The molecule has 1 saturated heterocycles. The van der Waals surface area contributed by atoms with E-state index in [4.69, 9.17) is 15.2 Å². The molecule has 1 aromatic rings. The molecule has 0 aromatic heterocycles. The minimum atomic E-state index is -0.271. The van der Waals surface area contributed by atoms with E-state index in [-0.39, 0.29) is 12.0 Å². The van der Waals surface area contributed by atoms with Gasteiger partial charge in [0, 0.05) is 38.3 Å². The molecule has 1 aliphatic carbocycles. The Morgan fingerprint density at radius 3 is 2.60 bits per heavy atom. The van der Waals surface area contributed by atoms with Gasteiger partial charge in [0.15, 0.2) is 17.5 Å². The van der Waals surface area contributed by atoms with Crippen molar-refractivity contribution in [2.75, 3.05) is 33.8 Å². The van der Waals surface area contributed by atoms with Gasteiger partial charge in [-0.2, -0.15) is 0 Å². The van der Waals surface area contributed by atoms with Crippen molar-refractivity contribution in [2.24, 2.45) is 10.7 Å².